The normalized spacial score (nSPS) is 22.2. The second kappa shape index (κ2) is 3.53. The second-order valence-electron chi connectivity index (χ2n) is 2.93. The highest BCUT2D eigenvalue weighted by Crippen LogP contribution is 2.05. The average Bonchev–Trinajstić information content (AvgIpc) is 2.53. The maximum atomic E-state index is 11.1. The van der Waals surface area contributed by atoms with Crippen LogP contribution in [0.4, 0.5) is 0 Å². The molecule has 0 aliphatic carbocycles. The molecule has 0 aromatic heterocycles. The van der Waals surface area contributed by atoms with Gasteiger partial charge in [0, 0.05) is 19.6 Å². The van der Waals surface area contributed by atoms with E-state index < -0.39 is 11.8 Å². The minimum atomic E-state index is -0.885. The van der Waals surface area contributed by atoms with Crippen molar-refractivity contribution in [3.05, 3.63) is 0 Å². The first-order valence-corrected chi connectivity index (χ1v) is 3.90. The third-order valence-corrected chi connectivity index (χ3v) is 2.11. The molecule has 0 aromatic carbocycles. The van der Waals surface area contributed by atoms with Crippen LogP contribution in [0.2, 0.25) is 0 Å². The molecule has 3 N–H and O–H groups in total. The van der Waals surface area contributed by atoms with Crippen molar-refractivity contribution in [1.29, 1.82) is 0 Å². The Kier molecular flexibility index (Phi) is 2.65. The van der Waals surface area contributed by atoms with Crippen molar-refractivity contribution in [3.63, 3.8) is 0 Å². The monoisotopic (exact) mass is 171 g/mol. The van der Waals surface area contributed by atoms with Gasteiger partial charge in [0.1, 0.15) is 0 Å². The molecule has 1 aliphatic rings. The lowest BCUT2D eigenvalue weighted by Gasteiger charge is -2.21. The molecular formula is C7H13N3O2. The van der Waals surface area contributed by atoms with E-state index in [0.717, 1.165) is 19.5 Å². The summed E-state index contributed by atoms with van der Waals surface area (Å²) in [5.74, 6) is -1.49. The Labute approximate surface area is 70.9 Å². The molecule has 1 atom stereocenters. The molecule has 0 aromatic rings. The van der Waals surface area contributed by atoms with E-state index in [0.29, 0.717) is 0 Å². The smallest absolute Gasteiger partial charge is 0.311 e. The quantitative estimate of drug-likeness (QED) is 0.461. The van der Waals surface area contributed by atoms with Crippen molar-refractivity contribution in [2.45, 2.75) is 12.5 Å². The van der Waals surface area contributed by atoms with E-state index in [1.165, 1.54) is 4.90 Å². The van der Waals surface area contributed by atoms with Crippen molar-refractivity contribution in [3.8, 4) is 0 Å². The van der Waals surface area contributed by atoms with Gasteiger partial charge < -0.3 is 16.0 Å². The van der Waals surface area contributed by atoms with Crippen LogP contribution in [-0.4, -0.2) is 42.9 Å². The van der Waals surface area contributed by atoms with Gasteiger partial charge in [-0.15, -0.1) is 0 Å². The zero-order valence-corrected chi connectivity index (χ0v) is 7.04. The van der Waals surface area contributed by atoms with Crippen LogP contribution in [-0.2, 0) is 9.59 Å². The van der Waals surface area contributed by atoms with Gasteiger partial charge in [0.05, 0.1) is 0 Å². The molecule has 12 heavy (non-hydrogen) atoms. The number of carbonyl (C=O) groups excluding carboxylic acids is 2. The maximum Gasteiger partial charge on any atom is 0.311 e. The molecule has 0 spiro atoms. The van der Waals surface area contributed by atoms with E-state index in [-0.39, 0.29) is 6.04 Å². The molecule has 1 saturated heterocycles. The first-order chi connectivity index (χ1) is 5.63. The van der Waals surface area contributed by atoms with Crippen LogP contribution in [0, 0.1) is 0 Å². The fraction of sp³-hybridized carbons (Fsp3) is 0.714. The van der Waals surface area contributed by atoms with Crippen molar-refractivity contribution < 1.29 is 9.59 Å². The van der Waals surface area contributed by atoms with Crippen LogP contribution in [0.15, 0.2) is 0 Å². The molecule has 1 heterocycles. The van der Waals surface area contributed by atoms with E-state index in [2.05, 4.69) is 5.32 Å². The van der Waals surface area contributed by atoms with Crippen molar-refractivity contribution in [1.82, 2.24) is 10.2 Å². The number of hydrogen-bond donors (Lipinski definition) is 2. The summed E-state index contributed by atoms with van der Waals surface area (Å²) in [6, 6.07) is 0.116. The predicted molar refractivity (Wildman–Crippen MR) is 43.2 cm³/mol. The van der Waals surface area contributed by atoms with Gasteiger partial charge >= 0.3 is 11.8 Å². The number of carbonyl (C=O) groups is 2. The molecule has 1 unspecified atom stereocenters. The van der Waals surface area contributed by atoms with Gasteiger partial charge in [0.15, 0.2) is 0 Å². The van der Waals surface area contributed by atoms with Crippen LogP contribution in [0.5, 0.6) is 0 Å². The minimum Gasteiger partial charge on any atom is -0.361 e. The SMILES string of the molecule is CN(C(=O)C(N)=O)C1CCNC1. The number of hydrogen-bond acceptors (Lipinski definition) is 3. The Morgan fingerprint density at radius 2 is 2.25 bits per heavy atom. The van der Waals surface area contributed by atoms with Crippen LogP contribution < -0.4 is 11.1 Å². The topological polar surface area (TPSA) is 75.4 Å². The molecular weight excluding hydrogens is 158 g/mol. The van der Waals surface area contributed by atoms with Gasteiger partial charge in [-0.2, -0.15) is 0 Å². The minimum absolute atomic E-state index is 0.116. The van der Waals surface area contributed by atoms with Gasteiger partial charge in [0.25, 0.3) is 0 Å². The largest absolute Gasteiger partial charge is 0.361 e. The summed E-state index contributed by atoms with van der Waals surface area (Å²) in [6.45, 7) is 1.64. The molecule has 0 radical (unpaired) electrons. The maximum absolute atomic E-state index is 11.1. The summed E-state index contributed by atoms with van der Waals surface area (Å²) >= 11 is 0. The average molecular weight is 171 g/mol. The molecule has 5 nitrogen and oxygen atoms in total. The van der Waals surface area contributed by atoms with Crippen LogP contribution in [0.1, 0.15) is 6.42 Å². The fourth-order valence-electron chi connectivity index (χ4n) is 1.31. The van der Waals surface area contributed by atoms with Gasteiger partial charge in [-0.3, -0.25) is 9.59 Å². The molecule has 0 bridgehead atoms. The Bertz CT molecular complexity index is 199. The summed E-state index contributed by atoms with van der Waals surface area (Å²) in [7, 11) is 1.60. The Morgan fingerprint density at radius 1 is 1.58 bits per heavy atom. The van der Waals surface area contributed by atoms with Crippen molar-refractivity contribution in [2.24, 2.45) is 5.73 Å². The van der Waals surface area contributed by atoms with Crippen LogP contribution in [0.25, 0.3) is 0 Å². The van der Waals surface area contributed by atoms with Crippen molar-refractivity contribution in [2.75, 3.05) is 20.1 Å². The van der Waals surface area contributed by atoms with Crippen molar-refractivity contribution >= 4 is 11.8 Å². The Morgan fingerprint density at radius 3 is 2.67 bits per heavy atom. The Hall–Kier alpha value is -1.10. The van der Waals surface area contributed by atoms with Crippen LogP contribution >= 0.6 is 0 Å². The number of primary amides is 1. The van der Waals surface area contributed by atoms with Gasteiger partial charge in [-0.05, 0) is 13.0 Å². The molecule has 0 saturated carbocycles. The predicted octanol–water partition coefficient (Wildman–Crippen LogP) is -1.71. The highest BCUT2D eigenvalue weighted by atomic mass is 16.2. The molecule has 1 fully saturated rings. The molecule has 2 amide bonds. The van der Waals surface area contributed by atoms with Gasteiger partial charge in [0.2, 0.25) is 0 Å². The number of rotatable bonds is 1. The molecule has 68 valence electrons. The first-order valence-electron chi connectivity index (χ1n) is 3.90. The zero-order chi connectivity index (χ0) is 9.14. The van der Waals surface area contributed by atoms with E-state index in [1.54, 1.807) is 7.05 Å². The summed E-state index contributed by atoms with van der Waals surface area (Å²) in [5.41, 5.74) is 4.85. The summed E-state index contributed by atoms with van der Waals surface area (Å²) in [6.07, 6.45) is 0.884. The fourth-order valence-corrected chi connectivity index (χ4v) is 1.31. The van der Waals surface area contributed by atoms with Gasteiger partial charge in [-0.1, -0.05) is 0 Å². The summed E-state index contributed by atoms with van der Waals surface area (Å²) in [4.78, 5) is 23.0. The second-order valence-corrected chi connectivity index (χ2v) is 2.93. The number of amides is 2. The van der Waals surface area contributed by atoms with E-state index in [1.807, 2.05) is 0 Å². The first kappa shape index (κ1) is 8.99. The summed E-state index contributed by atoms with van der Waals surface area (Å²) in [5, 5.41) is 3.10. The van der Waals surface area contributed by atoms with E-state index >= 15 is 0 Å². The lowest BCUT2D eigenvalue weighted by atomic mass is 10.2. The molecule has 5 heteroatoms. The highest BCUT2D eigenvalue weighted by Gasteiger charge is 2.25. The molecule has 1 rings (SSSR count). The highest BCUT2D eigenvalue weighted by molar-refractivity contribution is 6.34. The third-order valence-electron chi connectivity index (χ3n) is 2.11. The lowest BCUT2D eigenvalue weighted by molar-refractivity contribution is -0.144. The molecule has 1 aliphatic heterocycles. The Balaban J connectivity index is 2.51. The standard InChI is InChI=1S/C7H13N3O2/c1-10(7(12)6(8)11)5-2-3-9-4-5/h5,9H,2-4H2,1H3,(H2,8,11). The number of nitrogens with two attached hydrogens (primary N) is 1. The van der Waals surface area contributed by atoms with Crippen LogP contribution in [0.3, 0.4) is 0 Å². The number of nitrogens with one attached hydrogen (secondary N) is 1. The van der Waals surface area contributed by atoms with E-state index in [9.17, 15) is 9.59 Å². The summed E-state index contributed by atoms with van der Waals surface area (Å²) < 4.78 is 0. The number of likely N-dealkylation sites (N-methyl/N-ethyl adjacent to an activating group) is 1. The zero-order valence-electron chi connectivity index (χ0n) is 7.04. The van der Waals surface area contributed by atoms with E-state index in [4.69, 9.17) is 5.73 Å². The number of nitrogens with zero attached hydrogens (tertiary/aromatic N) is 1. The lowest BCUT2D eigenvalue weighted by Crippen LogP contribution is -2.44. The third kappa shape index (κ3) is 1.73. The van der Waals surface area contributed by atoms with Gasteiger partial charge in [-0.25, -0.2) is 0 Å².